The maximum Gasteiger partial charge on any atom is 0.268 e. The van der Waals surface area contributed by atoms with Crippen molar-refractivity contribution in [2.24, 2.45) is 0 Å². The highest BCUT2D eigenvalue weighted by Gasteiger charge is 2.41. The molecule has 0 bridgehead atoms. The van der Waals surface area contributed by atoms with Crippen LogP contribution in [0.4, 0.5) is 14.7 Å². The number of allylic oxidation sites excluding steroid dienone is 1. The Morgan fingerprint density at radius 3 is 3.00 bits per heavy atom. The largest absolute Gasteiger partial charge is 0.366 e. The molecule has 9 heteroatoms. The van der Waals surface area contributed by atoms with Gasteiger partial charge in [0.15, 0.2) is 0 Å². The summed E-state index contributed by atoms with van der Waals surface area (Å²) in [6, 6.07) is 0. The van der Waals surface area contributed by atoms with Gasteiger partial charge in [-0.2, -0.15) is 0 Å². The maximum absolute atomic E-state index is 13.0. The van der Waals surface area contributed by atoms with Gasteiger partial charge in [0, 0.05) is 11.0 Å². The van der Waals surface area contributed by atoms with Gasteiger partial charge in [0.2, 0.25) is 5.95 Å². The second kappa shape index (κ2) is 5.49. The van der Waals surface area contributed by atoms with E-state index in [9.17, 15) is 8.78 Å². The van der Waals surface area contributed by atoms with Crippen LogP contribution in [0.3, 0.4) is 0 Å². The van der Waals surface area contributed by atoms with Crippen molar-refractivity contribution < 1.29 is 13.5 Å². The van der Waals surface area contributed by atoms with E-state index in [1.165, 1.54) is 11.6 Å². The van der Waals surface area contributed by atoms with Crippen LogP contribution in [0, 0.1) is 0 Å². The smallest absolute Gasteiger partial charge is 0.268 e. The molecule has 0 aromatic carbocycles. The topological polar surface area (TPSA) is 56.1 Å². The summed E-state index contributed by atoms with van der Waals surface area (Å²) in [5.41, 5.74) is -1.50. The van der Waals surface area contributed by atoms with Gasteiger partial charge in [0.05, 0.1) is 19.7 Å². The van der Waals surface area contributed by atoms with E-state index in [2.05, 4.69) is 38.0 Å². The zero-order valence-electron chi connectivity index (χ0n) is 10.4. The number of halogens is 3. The molecule has 0 N–H and O–H groups in total. The van der Waals surface area contributed by atoms with Crippen molar-refractivity contribution in [3.8, 4) is 0 Å². The van der Waals surface area contributed by atoms with E-state index in [1.54, 1.807) is 4.90 Å². The maximum atomic E-state index is 13.0. The normalized spacial score (nSPS) is 23.9. The first-order valence-electron chi connectivity index (χ1n) is 5.69. The molecule has 19 heavy (non-hydrogen) atoms. The van der Waals surface area contributed by atoms with E-state index in [-0.39, 0.29) is 13.2 Å². The van der Waals surface area contributed by atoms with Crippen molar-refractivity contribution >= 4 is 21.9 Å². The molecule has 1 aliphatic heterocycles. The first kappa shape index (κ1) is 14.3. The fourth-order valence-corrected chi connectivity index (χ4v) is 2.12. The van der Waals surface area contributed by atoms with E-state index in [0.29, 0.717) is 23.5 Å². The minimum absolute atomic E-state index is 0.0415. The average molecular weight is 338 g/mol. The molecule has 1 aromatic rings. The number of anilines is 1. The lowest BCUT2D eigenvalue weighted by molar-refractivity contribution is -0.134. The van der Waals surface area contributed by atoms with Crippen LogP contribution in [0.15, 0.2) is 11.1 Å². The summed E-state index contributed by atoms with van der Waals surface area (Å²) in [5.74, 6) is 0.441. The summed E-state index contributed by atoms with van der Waals surface area (Å²) in [4.78, 5) is 1.70. The van der Waals surface area contributed by atoms with E-state index < -0.39 is 12.0 Å². The quantitative estimate of drug-likeness (QED) is 0.832. The van der Waals surface area contributed by atoms with Crippen molar-refractivity contribution in [2.45, 2.75) is 25.5 Å². The van der Waals surface area contributed by atoms with Crippen LogP contribution in [-0.4, -0.2) is 51.9 Å². The molecule has 1 fully saturated rings. The zero-order valence-corrected chi connectivity index (χ0v) is 12.0. The number of nitrogens with zero attached hydrogens (tertiary/aromatic N) is 5. The van der Waals surface area contributed by atoms with Crippen LogP contribution in [0.5, 0.6) is 0 Å². The van der Waals surface area contributed by atoms with Gasteiger partial charge in [-0.3, -0.25) is 0 Å². The third kappa shape index (κ3) is 3.08. The molecular weight excluding hydrogens is 324 g/mol. The van der Waals surface area contributed by atoms with E-state index >= 15 is 0 Å². The molecule has 2 rings (SSSR count). The summed E-state index contributed by atoms with van der Waals surface area (Å²) in [5, 5.41) is 11.3. The highest BCUT2D eigenvalue weighted by atomic mass is 79.9. The lowest BCUT2D eigenvalue weighted by atomic mass is 10.1. The second-order valence-electron chi connectivity index (χ2n) is 4.54. The SMILES string of the molecule is C=C(Br)Cn1nnnc1N1CCOC(C)(C(F)F)C1. The number of aromatic nitrogens is 4. The highest BCUT2D eigenvalue weighted by molar-refractivity contribution is 9.11. The van der Waals surface area contributed by atoms with Crippen LogP contribution < -0.4 is 4.90 Å². The fourth-order valence-electron chi connectivity index (χ4n) is 1.89. The molecule has 6 nitrogen and oxygen atoms in total. The van der Waals surface area contributed by atoms with Gasteiger partial charge in [-0.15, -0.1) is 0 Å². The standard InChI is InChI=1S/C10H14BrF2N5O/c1-7(11)5-18-9(14-15-16-18)17-3-4-19-10(2,6-17)8(12)13/h8H,1,3-6H2,2H3. The van der Waals surface area contributed by atoms with Crippen molar-refractivity contribution in [1.82, 2.24) is 20.2 Å². The molecule has 1 aromatic heterocycles. The van der Waals surface area contributed by atoms with Gasteiger partial charge in [0.1, 0.15) is 5.60 Å². The molecule has 0 aliphatic carbocycles. The Bertz CT molecular complexity index is 469. The predicted octanol–water partition coefficient (Wildman–Crippen LogP) is 1.44. The van der Waals surface area contributed by atoms with Gasteiger partial charge >= 0.3 is 0 Å². The van der Waals surface area contributed by atoms with Gasteiger partial charge in [-0.25, -0.2) is 13.5 Å². The third-order valence-electron chi connectivity index (χ3n) is 2.88. The average Bonchev–Trinajstić information content (AvgIpc) is 2.76. The number of rotatable bonds is 4. The molecule has 0 radical (unpaired) electrons. The van der Waals surface area contributed by atoms with Gasteiger partial charge < -0.3 is 9.64 Å². The number of hydrogen-bond donors (Lipinski definition) is 0. The Hall–Kier alpha value is -1.09. The monoisotopic (exact) mass is 337 g/mol. The number of tetrazole rings is 1. The van der Waals surface area contributed by atoms with Crippen LogP contribution in [0.2, 0.25) is 0 Å². The minimum atomic E-state index is -2.56. The first-order valence-corrected chi connectivity index (χ1v) is 6.48. The summed E-state index contributed by atoms with van der Waals surface area (Å²) in [6.07, 6.45) is -2.56. The molecule has 2 heterocycles. The van der Waals surface area contributed by atoms with Gasteiger partial charge in [-0.1, -0.05) is 27.6 Å². The molecular formula is C10H14BrF2N5O. The molecule has 0 spiro atoms. The summed E-state index contributed by atoms with van der Waals surface area (Å²) in [7, 11) is 0. The lowest BCUT2D eigenvalue weighted by Crippen LogP contribution is -2.54. The molecule has 1 aliphatic rings. The first-order chi connectivity index (χ1) is 8.92. The van der Waals surface area contributed by atoms with Gasteiger partial charge in [-0.05, 0) is 17.4 Å². The Morgan fingerprint density at radius 2 is 2.37 bits per heavy atom. The number of morpholine rings is 1. The molecule has 0 amide bonds. The molecule has 106 valence electrons. The molecule has 0 saturated carbocycles. The summed E-state index contributed by atoms with van der Waals surface area (Å²) < 4.78 is 33.4. The Labute approximate surface area is 117 Å². The zero-order chi connectivity index (χ0) is 14.0. The molecule has 1 atom stereocenters. The number of ether oxygens (including phenoxy) is 1. The van der Waals surface area contributed by atoms with Crippen molar-refractivity contribution in [1.29, 1.82) is 0 Å². The van der Waals surface area contributed by atoms with Crippen LogP contribution >= 0.6 is 15.9 Å². The van der Waals surface area contributed by atoms with E-state index in [1.807, 2.05) is 0 Å². The van der Waals surface area contributed by atoms with Crippen LogP contribution in [-0.2, 0) is 11.3 Å². The van der Waals surface area contributed by atoms with E-state index in [4.69, 9.17) is 4.74 Å². The van der Waals surface area contributed by atoms with Crippen LogP contribution in [0.25, 0.3) is 0 Å². The van der Waals surface area contributed by atoms with E-state index in [0.717, 1.165) is 0 Å². The predicted molar refractivity (Wildman–Crippen MR) is 68.5 cm³/mol. The second-order valence-corrected chi connectivity index (χ2v) is 5.66. The highest BCUT2D eigenvalue weighted by Crippen LogP contribution is 2.27. The Balaban J connectivity index is 2.18. The summed E-state index contributed by atoms with van der Waals surface area (Å²) in [6.45, 7) is 6.20. The van der Waals surface area contributed by atoms with Crippen LogP contribution in [0.1, 0.15) is 6.92 Å². The minimum Gasteiger partial charge on any atom is -0.366 e. The number of alkyl halides is 2. The van der Waals surface area contributed by atoms with Gasteiger partial charge in [0.25, 0.3) is 6.43 Å². The molecule has 1 saturated heterocycles. The van der Waals surface area contributed by atoms with Crippen molar-refractivity contribution in [3.05, 3.63) is 11.1 Å². The fraction of sp³-hybridized carbons (Fsp3) is 0.700. The van der Waals surface area contributed by atoms with Crippen molar-refractivity contribution in [3.63, 3.8) is 0 Å². The number of hydrogen-bond acceptors (Lipinski definition) is 5. The summed E-state index contributed by atoms with van der Waals surface area (Å²) >= 11 is 3.23. The van der Waals surface area contributed by atoms with Crippen molar-refractivity contribution in [2.75, 3.05) is 24.6 Å². The Kier molecular flexibility index (Phi) is 4.14. The Morgan fingerprint density at radius 1 is 1.63 bits per heavy atom. The third-order valence-corrected chi connectivity index (χ3v) is 3.13. The molecule has 1 unspecified atom stereocenters. The lowest BCUT2D eigenvalue weighted by Gasteiger charge is -2.39.